The number of likely N-dealkylation sites (N-methyl/N-ethyl adjacent to an activating group) is 1. The molecule has 1 atom stereocenters. The highest BCUT2D eigenvalue weighted by Gasteiger charge is 2.11. The first-order valence-electron chi connectivity index (χ1n) is 7.10. The fourth-order valence-electron chi connectivity index (χ4n) is 2.63. The van der Waals surface area contributed by atoms with Crippen molar-refractivity contribution in [1.82, 2.24) is 9.88 Å². The molecule has 1 aromatic heterocycles. The third-order valence-corrected chi connectivity index (χ3v) is 4.08. The molecule has 3 nitrogen and oxygen atoms in total. The lowest BCUT2D eigenvalue weighted by Gasteiger charge is -2.24. The first-order valence-corrected chi connectivity index (χ1v) is 7.10. The topological polar surface area (TPSA) is 45.0 Å². The van der Waals surface area contributed by atoms with Crippen LogP contribution in [0.1, 0.15) is 24.6 Å². The highest BCUT2D eigenvalue weighted by Crippen LogP contribution is 2.22. The van der Waals surface area contributed by atoms with Crippen molar-refractivity contribution in [3.63, 3.8) is 0 Å². The maximum absolute atomic E-state index is 5.62. The Morgan fingerprint density at radius 2 is 2.05 bits per heavy atom. The zero-order valence-corrected chi connectivity index (χ0v) is 12.2. The average molecular weight is 259 g/mol. The van der Waals surface area contributed by atoms with Gasteiger partial charge in [0.05, 0.1) is 0 Å². The number of H-pyrrole nitrogens is 1. The molecule has 1 unspecified atom stereocenters. The van der Waals surface area contributed by atoms with E-state index in [1.807, 2.05) is 0 Å². The van der Waals surface area contributed by atoms with Crippen LogP contribution in [0.25, 0.3) is 10.9 Å². The van der Waals surface area contributed by atoms with E-state index in [1.54, 1.807) is 0 Å². The van der Waals surface area contributed by atoms with Crippen LogP contribution in [0.15, 0.2) is 24.3 Å². The molecule has 0 bridgehead atoms. The summed E-state index contributed by atoms with van der Waals surface area (Å²) in [5.41, 5.74) is 9.61. The van der Waals surface area contributed by atoms with Gasteiger partial charge in [-0.15, -0.1) is 0 Å². The van der Waals surface area contributed by atoms with Gasteiger partial charge in [-0.05, 0) is 51.9 Å². The fourth-order valence-corrected chi connectivity index (χ4v) is 2.63. The van der Waals surface area contributed by atoms with E-state index in [0.717, 1.165) is 25.9 Å². The predicted molar refractivity (Wildman–Crippen MR) is 82.5 cm³/mol. The number of nitrogens with zero attached hydrogens (tertiary/aromatic N) is 1. The fraction of sp³-hybridized carbons (Fsp3) is 0.500. The van der Waals surface area contributed by atoms with Crippen molar-refractivity contribution >= 4 is 10.9 Å². The SMILES string of the molecule is Cc1[nH]c2ccccc2c1CCN(C)C(C)CCN. The minimum atomic E-state index is 0.551. The molecule has 3 N–H and O–H groups in total. The maximum atomic E-state index is 5.62. The molecule has 0 saturated heterocycles. The predicted octanol–water partition coefficient (Wildman–Crippen LogP) is 2.69. The molecule has 2 aromatic rings. The quantitative estimate of drug-likeness (QED) is 0.838. The number of nitrogens with one attached hydrogen (secondary N) is 1. The van der Waals surface area contributed by atoms with Crippen LogP contribution < -0.4 is 5.73 Å². The highest BCUT2D eigenvalue weighted by atomic mass is 15.1. The van der Waals surface area contributed by atoms with Crippen molar-refractivity contribution in [1.29, 1.82) is 0 Å². The molecule has 1 aromatic carbocycles. The van der Waals surface area contributed by atoms with Gasteiger partial charge in [0.15, 0.2) is 0 Å². The van der Waals surface area contributed by atoms with Crippen LogP contribution in [0.2, 0.25) is 0 Å². The summed E-state index contributed by atoms with van der Waals surface area (Å²) in [5.74, 6) is 0. The van der Waals surface area contributed by atoms with Gasteiger partial charge in [0.2, 0.25) is 0 Å². The minimum Gasteiger partial charge on any atom is -0.358 e. The second-order valence-corrected chi connectivity index (χ2v) is 5.43. The summed E-state index contributed by atoms with van der Waals surface area (Å²) in [6, 6.07) is 9.09. The Balaban J connectivity index is 2.07. The number of hydrogen-bond donors (Lipinski definition) is 2. The van der Waals surface area contributed by atoms with Crippen LogP contribution >= 0.6 is 0 Å². The molecular weight excluding hydrogens is 234 g/mol. The monoisotopic (exact) mass is 259 g/mol. The Hall–Kier alpha value is -1.32. The molecule has 0 aliphatic rings. The minimum absolute atomic E-state index is 0.551. The van der Waals surface area contributed by atoms with E-state index in [4.69, 9.17) is 5.73 Å². The zero-order chi connectivity index (χ0) is 13.8. The third-order valence-electron chi connectivity index (χ3n) is 4.08. The molecular formula is C16H25N3. The number of aryl methyl sites for hydroxylation is 1. The molecule has 0 amide bonds. The van der Waals surface area contributed by atoms with E-state index in [9.17, 15) is 0 Å². The van der Waals surface area contributed by atoms with Crippen molar-refractivity contribution in [2.45, 2.75) is 32.7 Å². The number of aromatic amines is 1. The van der Waals surface area contributed by atoms with Crippen molar-refractivity contribution in [2.24, 2.45) is 5.73 Å². The number of rotatable bonds is 6. The second-order valence-electron chi connectivity index (χ2n) is 5.43. The molecule has 0 spiro atoms. The van der Waals surface area contributed by atoms with Crippen molar-refractivity contribution in [2.75, 3.05) is 20.1 Å². The van der Waals surface area contributed by atoms with E-state index in [1.165, 1.54) is 22.2 Å². The molecule has 0 radical (unpaired) electrons. The molecule has 0 fully saturated rings. The van der Waals surface area contributed by atoms with Crippen molar-refractivity contribution in [3.05, 3.63) is 35.5 Å². The van der Waals surface area contributed by atoms with Gasteiger partial charge in [-0.2, -0.15) is 0 Å². The number of para-hydroxylation sites is 1. The van der Waals surface area contributed by atoms with Gasteiger partial charge in [0.25, 0.3) is 0 Å². The van der Waals surface area contributed by atoms with Crippen LogP contribution in [-0.2, 0) is 6.42 Å². The first kappa shape index (κ1) is 14.1. The lowest BCUT2D eigenvalue weighted by atomic mass is 10.1. The molecule has 0 aliphatic carbocycles. The van der Waals surface area contributed by atoms with Crippen LogP contribution in [0.5, 0.6) is 0 Å². The number of fused-ring (bicyclic) bond motifs is 1. The van der Waals surface area contributed by atoms with Gasteiger partial charge in [0, 0.05) is 29.2 Å². The Morgan fingerprint density at radius 1 is 1.32 bits per heavy atom. The summed E-state index contributed by atoms with van der Waals surface area (Å²) in [7, 11) is 2.19. The zero-order valence-electron chi connectivity index (χ0n) is 12.2. The summed E-state index contributed by atoms with van der Waals surface area (Å²) in [5, 5.41) is 1.36. The Bertz CT molecular complexity index is 530. The van der Waals surface area contributed by atoms with E-state index in [-0.39, 0.29) is 0 Å². The molecule has 104 valence electrons. The molecule has 0 saturated carbocycles. The smallest absolute Gasteiger partial charge is 0.0458 e. The molecule has 0 aliphatic heterocycles. The van der Waals surface area contributed by atoms with E-state index < -0.39 is 0 Å². The lowest BCUT2D eigenvalue weighted by molar-refractivity contribution is 0.251. The average Bonchev–Trinajstić information content (AvgIpc) is 2.72. The van der Waals surface area contributed by atoms with Gasteiger partial charge >= 0.3 is 0 Å². The second kappa shape index (κ2) is 6.22. The summed E-state index contributed by atoms with van der Waals surface area (Å²) in [4.78, 5) is 5.86. The Morgan fingerprint density at radius 3 is 2.79 bits per heavy atom. The summed E-state index contributed by atoms with van der Waals surface area (Å²) < 4.78 is 0. The van der Waals surface area contributed by atoms with E-state index in [0.29, 0.717) is 6.04 Å². The molecule has 1 heterocycles. The largest absolute Gasteiger partial charge is 0.358 e. The van der Waals surface area contributed by atoms with Crippen LogP contribution in [0.4, 0.5) is 0 Å². The summed E-state index contributed by atoms with van der Waals surface area (Å²) in [6.45, 7) is 6.25. The normalized spacial score (nSPS) is 13.3. The van der Waals surface area contributed by atoms with E-state index >= 15 is 0 Å². The van der Waals surface area contributed by atoms with Crippen LogP contribution in [0, 0.1) is 6.92 Å². The van der Waals surface area contributed by atoms with Gasteiger partial charge in [-0.25, -0.2) is 0 Å². The Labute approximate surface area is 115 Å². The first-order chi connectivity index (χ1) is 9.13. The van der Waals surface area contributed by atoms with Gasteiger partial charge in [0.1, 0.15) is 0 Å². The van der Waals surface area contributed by atoms with Crippen molar-refractivity contribution in [3.8, 4) is 0 Å². The maximum Gasteiger partial charge on any atom is 0.0458 e. The number of nitrogens with two attached hydrogens (primary N) is 1. The van der Waals surface area contributed by atoms with Gasteiger partial charge < -0.3 is 15.6 Å². The number of benzene rings is 1. The van der Waals surface area contributed by atoms with Crippen molar-refractivity contribution < 1.29 is 0 Å². The standard InChI is InChI=1S/C16H25N3/c1-12(8-10-17)19(3)11-9-14-13(2)18-16-7-5-4-6-15(14)16/h4-7,12,18H,8-11,17H2,1-3H3. The number of aromatic nitrogens is 1. The Kier molecular flexibility index (Phi) is 4.61. The molecule has 3 heteroatoms. The van der Waals surface area contributed by atoms with E-state index in [2.05, 4.69) is 55.0 Å². The van der Waals surface area contributed by atoms with Gasteiger partial charge in [-0.1, -0.05) is 18.2 Å². The molecule has 2 rings (SSSR count). The van der Waals surface area contributed by atoms with Gasteiger partial charge in [-0.3, -0.25) is 0 Å². The van der Waals surface area contributed by atoms with Crippen LogP contribution in [-0.4, -0.2) is 36.1 Å². The van der Waals surface area contributed by atoms with Crippen LogP contribution in [0.3, 0.4) is 0 Å². The summed E-state index contributed by atoms with van der Waals surface area (Å²) in [6.07, 6.45) is 2.14. The number of hydrogen-bond acceptors (Lipinski definition) is 2. The summed E-state index contributed by atoms with van der Waals surface area (Å²) >= 11 is 0. The third kappa shape index (κ3) is 3.17. The lowest BCUT2D eigenvalue weighted by Crippen LogP contribution is -2.32. The highest BCUT2D eigenvalue weighted by molar-refractivity contribution is 5.84. The molecule has 19 heavy (non-hydrogen) atoms.